The molecule has 2 aromatic carbocycles. The zero-order chi connectivity index (χ0) is 19.1. The Balaban J connectivity index is 2.03. The van der Waals surface area contributed by atoms with Crippen LogP contribution < -0.4 is 24.3 Å². The van der Waals surface area contributed by atoms with Crippen LogP contribution in [0.5, 0.6) is 23.0 Å². The highest BCUT2D eigenvalue weighted by atomic mass is 16.5. The van der Waals surface area contributed by atoms with Crippen molar-refractivity contribution in [3.8, 4) is 23.0 Å². The van der Waals surface area contributed by atoms with Gasteiger partial charge in [-0.3, -0.25) is 4.79 Å². The van der Waals surface area contributed by atoms with E-state index < -0.39 is 6.10 Å². The zero-order valence-corrected chi connectivity index (χ0v) is 15.7. The summed E-state index contributed by atoms with van der Waals surface area (Å²) in [4.78, 5) is 12.5. The first kappa shape index (κ1) is 19.4. The molecule has 0 heterocycles. The maximum Gasteiger partial charge on any atom is 0.261 e. The predicted octanol–water partition coefficient (Wildman–Crippen LogP) is 3.36. The summed E-state index contributed by atoms with van der Waals surface area (Å²) >= 11 is 0. The lowest BCUT2D eigenvalue weighted by Gasteiger charge is -2.21. The van der Waals surface area contributed by atoms with Gasteiger partial charge in [-0.15, -0.1) is 0 Å². The highest BCUT2D eigenvalue weighted by Gasteiger charge is 2.20. The Morgan fingerprint density at radius 1 is 0.846 bits per heavy atom. The molecule has 0 aliphatic rings. The van der Waals surface area contributed by atoms with E-state index in [9.17, 15) is 4.79 Å². The van der Waals surface area contributed by atoms with E-state index in [1.807, 2.05) is 25.1 Å². The van der Waals surface area contributed by atoms with E-state index in [-0.39, 0.29) is 11.9 Å². The van der Waals surface area contributed by atoms with Gasteiger partial charge in [-0.25, -0.2) is 0 Å². The normalized spacial score (nSPS) is 12.7. The highest BCUT2D eigenvalue weighted by Crippen LogP contribution is 2.29. The van der Waals surface area contributed by atoms with E-state index in [2.05, 4.69) is 5.32 Å². The molecule has 0 aromatic heterocycles. The molecular formula is C20H25NO5. The van der Waals surface area contributed by atoms with Crippen molar-refractivity contribution in [1.82, 2.24) is 5.32 Å². The molecule has 0 spiro atoms. The first-order valence-electron chi connectivity index (χ1n) is 8.31. The van der Waals surface area contributed by atoms with Gasteiger partial charge in [0.05, 0.1) is 27.4 Å². The van der Waals surface area contributed by atoms with Gasteiger partial charge in [0.1, 0.15) is 23.0 Å². The second-order valence-corrected chi connectivity index (χ2v) is 5.77. The summed E-state index contributed by atoms with van der Waals surface area (Å²) in [6, 6.07) is 12.3. The largest absolute Gasteiger partial charge is 0.497 e. The van der Waals surface area contributed by atoms with Gasteiger partial charge in [-0.2, -0.15) is 0 Å². The van der Waals surface area contributed by atoms with Crippen LogP contribution in [-0.4, -0.2) is 33.3 Å². The van der Waals surface area contributed by atoms with Gasteiger partial charge in [0.2, 0.25) is 0 Å². The van der Waals surface area contributed by atoms with Crippen molar-refractivity contribution in [3.63, 3.8) is 0 Å². The summed E-state index contributed by atoms with van der Waals surface area (Å²) in [5.74, 6) is 2.48. The van der Waals surface area contributed by atoms with Gasteiger partial charge < -0.3 is 24.3 Å². The number of carbonyl (C=O) groups excluding carboxylic acids is 1. The van der Waals surface area contributed by atoms with E-state index in [1.54, 1.807) is 52.5 Å². The maximum atomic E-state index is 12.5. The fourth-order valence-electron chi connectivity index (χ4n) is 2.50. The first-order chi connectivity index (χ1) is 12.5. The number of hydrogen-bond acceptors (Lipinski definition) is 5. The summed E-state index contributed by atoms with van der Waals surface area (Å²) in [6.45, 7) is 3.59. The lowest BCUT2D eigenvalue weighted by atomic mass is 10.1. The smallest absolute Gasteiger partial charge is 0.261 e. The zero-order valence-electron chi connectivity index (χ0n) is 15.7. The minimum atomic E-state index is -0.651. The standard InChI is InChI=1S/C20H25NO5/c1-13(18-12-17(24-4)10-11-19(18)25-5)21-20(22)14(2)26-16-8-6-15(23-3)7-9-16/h6-14H,1-5H3,(H,21,22)/t13-,14+/m1/s1. The predicted molar refractivity (Wildman–Crippen MR) is 99.2 cm³/mol. The Morgan fingerprint density at radius 2 is 1.42 bits per heavy atom. The van der Waals surface area contributed by atoms with Crippen molar-refractivity contribution in [1.29, 1.82) is 0 Å². The SMILES string of the molecule is COc1ccc(O[C@@H](C)C(=O)N[C@H](C)c2cc(OC)ccc2OC)cc1. The third kappa shape index (κ3) is 4.81. The van der Waals surface area contributed by atoms with Crippen LogP contribution in [0.4, 0.5) is 0 Å². The molecule has 2 atom stereocenters. The molecule has 0 bridgehead atoms. The maximum absolute atomic E-state index is 12.5. The topological polar surface area (TPSA) is 66.0 Å². The van der Waals surface area contributed by atoms with Crippen molar-refractivity contribution in [2.45, 2.75) is 26.0 Å². The van der Waals surface area contributed by atoms with E-state index in [0.29, 0.717) is 17.2 Å². The molecule has 0 saturated heterocycles. The Hall–Kier alpha value is -2.89. The summed E-state index contributed by atoms with van der Waals surface area (Å²) in [7, 11) is 4.79. The molecule has 0 aliphatic carbocycles. The summed E-state index contributed by atoms with van der Waals surface area (Å²) in [5, 5.41) is 2.94. The van der Waals surface area contributed by atoms with Gasteiger partial charge >= 0.3 is 0 Å². The van der Waals surface area contributed by atoms with E-state index in [4.69, 9.17) is 18.9 Å². The number of amides is 1. The molecule has 1 N–H and O–H groups in total. The minimum Gasteiger partial charge on any atom is -0.497 e. The molecule has 0 unspecified atom stereocenters. The molecule has 0 fully saturated rings. The third-order valence-electron chi connectivity index (χ3n) is 4.00. The van der Waals surface area contributed by atoms with Crippen LogP contribution >= 0.6 is 0 Å². The van der Waals surface area contributed by atoms with Crippen LogP contribution in [-0.2, 0) is 4.79 Å². The number of methoxy groups -OCH3 is 3. The lowest BCUT2D eigenvalue weighted by Crippen LogP contribution is -2.37. The Kier molecular flexibility index (Phi) is 6.72. The van der Waals surface area contributed by atoms with Gasteiger partial charge in [0, 0.05) is 5.56 Å². The molecule has 2 aromatic rings. The van der Waals surface area contributed by atoms with Gasteiger partial charge in [0.25, 0.3) is 5.91 Å². The second kappa shape index (κ2) is 8.99. The summed E-state index contributed by atoms with van der Waals surface area (Å²) < 4.78 is 21.4. The summed E-state index contributed by atoms with van der Waals surface area (Å²) in [6.07, 6.45) is -0.651. The third-order valence-corrected chi connectivity index (χ3v) is 4.00. The molecule has 6 heteroatoms. The number of hydrogen-bond donors (Lipinski definition) is 1. The number of nitrogens with one attached hydrogen (secondary N) is 1. The number of carbonyl (C=O) groups is 1. The van der Waals surface area contributed by atoms with Crippen LogP contribution in [0.15, 0.2) is 42.5 Å². The average molecular weight is 359 g/mol. The van der Waals surface area contributed by atoms with Crippen molar-refractivity contribution < 1.29 is 23.7 Å². The molecule has 26 heavy (non-hydrogen) atoms. The Morgan fingerprint density at radius 3 is 2.00 bits per heavy atom. The molecule has 0 radical (unpaired) electrons. The Labute approximate surface area is 154 Å². The van der Waals surface area contributed by atoms with Crippen LogP contribution in [0.2, 0.25) is 0 Å². The molecule has 1 amide bonds. The van der Waals surface area contributed by atoms with Crippen molar-refractivity contribution in [2.75, 3.05) is 21.3 Å². The van der Waals surface area contributed by atoms with E-state index >= 15 is 0 Å². The number of benzene rings is 2. The van der Waals surface area contributed by atoms with Crippen LogP contribution in [0.1, 0.15) is 25.5 Å². The molecule has 0 saturated carbocycles. The molecule has 2 rings (SSSR count). The van der Waals surface area contributed by atoms with Gasteiger partial charge in [-0.1, -0.05) is 0 Å². The Bertz CT molecular complexity index is 729. The highest BCUT2D eigenvalue weighted by molar-refractivity contribution is 5.81. The molecule has 140 valence electrons. The van der Waals surface area contributed by atoms with E-state index in [1.165, 1.54) is 0 Å². The number of ether oxygens (including phenoxy) is 4. The quantitative estimate of drug-likeness (QED) is 0.783. The average Bonchev–Trinajstić information content (AvgIpc) is 2.67. The fourth-order valence-corrected chi connectivity index (χ4v) is 2.50. The monoisotopic (exact) mass is 359 g/mol. The van der Waals surface area contributed by atoms with Crippen molar-refractivity contribution in [3.05, 3.63) is 48.0 Å². The van der Waals surface area contributed by atoms with E-state index in [0.717, 1.165) is 11.3 Å². The first-order valence-corrected chi connectivity index (χ1v) is 8.31. The van der Waals surface area contributed by atoms with Crippen molar-refractivity contribution >= 4 is 5.91 Å². The second-order valence-electron chi connectivity index (χ2n) is 5.77. The van der Waals surface area contributed by atoms with Gasteiger partial charge in [0.15, 0.2) is 6.10 Å². The van der Waals surface area contributed by atoms with Crippen LogP contribution in [0.3, 0.4) is 0 Å². The minimum absolute atomic E-state index is 0.224. The summed E-state index contributed by atoms with van der Waals surface area (Å²) in [5.41, 5.74) is 0.830. The molecule has 6 nitrogen and oxygen atoms in total. The lowest BCUT2D eigenvalue weighted by molar-refractivity contribution is -0.127. The van der Waals surface area contributed by atoms with Crippen LogP contribution in [0.25, 0.3) is 0 Å². The van der Waals surface area contributed by atoms with Crippen LogP contribution in [0, 0.1) is 0 Å². The molecular weight excluding hydrogens is 334 g/mol. The van der Waals surface area contributed by atoms with Crippen molar-refractivity contribution in [2.24, 2.45) is 0 Å². The van der Waals surface area contributed by atoms with Gasteiger partial charge in [-0.05, 0) is 56.3 Å². The number of rotatable bonds is 8. The molecule has 0 aliphatic heterocycles. The fraction of sp³-hybridized carbons (Fsp3) is 0.350.